The Bertz CT molecular complexity index is 275. The number of nitrogens with two attached hydrogens (primary N) is 1. The fraction of sp³-hybridized carbons (Fsp3) is 0.143. The van der Waals surface area contributed by atoms with E-state index in [9.17, 15) is 4.39 Å². The van der Waals surface area contributed by atoms with Gasteiger partial charge in [0.2, 0.25) is 0 Å². The summed E-state index contributed by atoms with van der Waals surface area (Å²) in [6.07, 6.45) is 3.09. The van der Waals surface area contributed by atoms with E-state index < -0.39 is 0 Å². The van der Waals surface area contributed by atoms with Gasteiger partial charge in [-0.3, -0.25) is 4.98 Å². The van der Waals surface area contributed by atoms with Crippen molar-refractivity contribution in [3.8, 4) is 0 Å². The van der Waals surface area contributed by atoms with Gasteiger partial charge in [0.05, 0.1) is 11.2 Å². The number of hydrogen-bond donors (Lipinski definition) is 1. The highest BCUT2D eigenvalue weighted by molar-refractivity contribution is 7.80. The van der Waals surface area contributed by atoms with Crippen molar-refractivity contribution in [2.45, 2.75) is 6.42 Å². The van der Waals surface area contributed by atoms with Crippen molar-refractivity contribution in [1.29, 1.82) is 0 Å². The highest BCUT2D eigenvalue weighted by atomic mass is 32.1. The summed E-state index contributed by atoms with van der Waals surface area (Å²) in [6, 6.07) is 1.37. The van der Waals surface area contributed by atoms with Gasteiger partial charge >= 0.3 is 0 Å². The Morgan fingerprint density at radius 3 is 2.91 bits per heavy atom. The van der Waals surface area contributed by atoms with Crippen LogP contribution >= 0.6 is 12.2 Å². The molecule has 0 radical (unpaired) electrons. The van der Waals surface area contributed by atoms with Crippen molar-refractivity contribution in [2.24, 2.45) is 5.73 Å². The number of halogens is 1. The van der Waals surface area contributed by atoms with E-state index in [1.54, 1.807) is 6.20 Å². The number of nitrogens with zero attached hydrogens (tertiary/aromatic N) is 1. The second kappa shape index (κ2) is 3.39. The topological polar surface area (TPSA) is 38.9 Å². The average Bonchev–Trinajstić information content (AvgIpc) is 1.85. The molecule has 0 atom stereocenters. The quantitative estimate of drug-likeness (QED) is 0.674. The molecular weight excluding hydrogens is 163 g/mol. The minimum Gasteiger partial charge on any atom is -0.393 e. The van der Waals surface area contributed by atoms with Crippen LogP contribution in [-0.4, -0.2) is 9.97 Å². The molecular formula is C7H7FN2S. The third-order valence-corrected chi connectivity index (χ3v) is 1.28. The van der Waals surface area contributed by atoms with Gasteiger partial charge in [0.1, 0.15) is 5.82 Å². The summed E-state index contributed by atoms with van der Waals surface area (Å²) in [7, 11) is 0. The van der Waals surface area contributed by atoms with Gasteiger partial charge in [0.25, 0.3) is 0 Å². The summed E-state index contributed by atoms with van der Waals surface area (Å²) in [5, 5.41) is 0. The van der Waals surface area contributed by atoms with E-state index in [4.69, 9.17) is 5.73 Å². The van der Waals surface area contributed by atoms with Crippen LogP contribution in [0.2, 0.25) is 0 Å². The molecule has 0 aliphatic carbocycles. The van der Waals surface area contributed by atoms with Crippen molar-refractivity contribution >= 4 is 17.2 Å². The SMILES string of the molecule is NC(=S)Cc1cncc(F)c1. The van der Waals surface area contributed by atoms with Gasteiger partial charge in [0.15, 0.2) is 0 Å². The fourth-order valence-corrected chi connectivity index (χ4v) is 0.920. The molecule has 11 heavy (non-hydrogen) atoms. The van der Waals surface area contributed by atoms with Gasteiger partial charge < -0.3 is 5.73 Å². The zero-order chi connectivity index (χ0) is 8.27. The van der Waals surface area contributed by atoms with Crippen LogP contribution in [0.15, 0.2) is 18.5 Å². The molecule has 0 fully saturated rings. The van der Waals surface area contributed by atoms with Gasteiger partial charge in [-0.1, -0.05) is 12.2 Å². The lowest BCUT2D eigenvalue weighted by atomic mass is 10.2. The molecule has 1 rings (SSSR count). The molecule has 1 aromatic heterocycles. The molecule has 2 N–H and O–H groups in total. The minimum absolute atomic E-state index is 0.345. The normalized spacial score (nSPS) is 9.55. The predicted molar refractivity (Wildman–Crippen MR) is 44.7 cm³/mol. The second-order valence-electron chi connectivity index (χ2n) is 2.15. The third-order valence-electron chi connectivity index (χ3n) is 1.14. The molecule has 0 saturated carbocycles. The van der Waals surface area contributed by atoms with E-state index in [2.05, 4.69) is 17.2 Å². The van der Waals surface area contributed by atoms with Crippen LogP contribution in [0.1, 0.15) is 5.56 Å². The lowest BCUT2D eigenvalue weighted by Crippen LogP contribution is -2.11. The molecule has 58 valence electrons. The number of aromatic nitrogens is 1. The Labute approximate surface area is 69.2 Å². The number of thiocarbonyl (C=S) groups is 1. The Morgan fingerprint density at radius 1 is 1.64 bits per heavy atom. The smallest absolute Gasteiger partial charge is 0.141 e. The first-order chi connectivity index (χ1) is 5.18. The number of hydrogen-bond acceptors (Lipinski definition) is 2. The Kier molecular flexibility index (Phi) is 2.48. The van der Waals surface area contributed by atoms with Crippen LogP contribution in [0.4, 0.5) is 4.39 Å². The van der Waals surface area contributed by atoms with E-state index in [0.717, 1.165) is 6.20 Å². The average molecular weight is 170 g/mol. The summed E-state index contributed by atoms with van der Waals surface area (Å²) in [4.78, 5) is 3.99. The highest BCUT2D eigenvalue weighted by Crippen LogP contribution is 2.01. The van der Waals surface area contributed by atoms with Crippen molar-refractivity contribution in [3.05, 3.63) is 29.8 Å². The summed E-state index contributed by atoms with van der Waals surface area (Å²) >= 11 is 4.65. The largest absolute Gasteiger partial charge is 0.393 e. The maximum absolute atomic E-state index is 12.5. The molecule has 1 heterocycles. The van der Waals surface area contributed by atoms with Crippen molar-refractivity contribution in [1.82, 2.24) is 4.98 Å². The minimum atomic E-state index is -0.362. The summed E-state index contributed by atoms with van der Waals surface area (Å²) < 4.78 is 12.5. The molecule has 0 saturated heterocycles. The lowest BCUT2D eigenvalue weighted by Gasteiger charge is -1.96. The van der Waals surface area contributed by atoms with Gasteiger partial charge in [-0.15, -0.1) is 0 Å². The fourth-order valence-electron chi connectivity index (χ4n) is 0.754. The van der Waals surface area contributed by atoms with Crippen LogP contribution in [0, 0.1) is 5.82 Å². The lowest BCUT2D eigenvalue weighted by molar-refractivity contribution is 0.619. The van der Waals surface area contributed by atoms with E-state index in [-0.39, 0.29) is 5.82 Å². The van der Waals surface area contributed by atoms with Gasteiger partial charge in [0, 0.05) is 12.6 Å². The Morgan fingerprint density at radius 2 is 2.36 bits per heavy atom. The van der Waals surface area contributed by atoms with Crippen LogP contribution in [0.5, 0.6) is 0 Å². The molecule has 0 bridgehead atoms. The predicted octanol–water partition coefficient (Wildman–Crippen LogP) is 1.05. The summed E-state index contributed by atoms with van der Waals surface area (Å²) in [5.41, 5.74) is 5.96. The van der Waals surface area contributed by atoms with Crippen LogP contribution in [0.3, 0.4) is 0 Å². The molecule has 4 heteroatoms. The van der Waals surface area contributed by atoms with Crippen LogP contribution in [0.25, 0.3) is 0 Å². The zero-order valence-electron chi connectivity index (χ0n) is 5.75. The highest BCUT2D eigenvalue weighted by Gasteiger charge is 1.96. The first-order valence-corrected chi connectivity index (χ1v) is 3.47. The summed E-state index contributed by atoms with van der Waals surface area (Å²) in [6.45, 7) is 0. The van der Waals surface area contributed by atoms with Gasteiger partial charge in [-0.25, -0.2) is 4.39 Å². The first kappa shape index (κ1) is 8.07. The molecule has 0 unspecified atom stereocenters. The molecule has 0 amide bonds. The zero-order valence-corrected chi connectivity index (χ0v) is 6.57. The second-order valence-corrected chi connectivity index (χ2v) is 2.68. The van der Waals surface area contributed by atoms with Gasteiger partial charge in [-0.2, -0.15) is 0 Å². The van der Waals surface area contributed by atoms with Crippen molar-refractivity contribution < 1.29 is 4.39 Å². The molecule has 0 aliphatic rings. The van der Waals surface area contributed by atoms with Crippen molar-refractivity contribution in [3.63, 3.8) is 0 Å². The molecule has 1 aromatic rings. The third kappa shape index (κ3) is 2.59. The standard InChI is InChI=1S/C7H7FN2S/c8-6-1-5(2-7(9)11)3-10-4-6/h1,3-4H,2H2,(H2,9,11). The maximum atomic E-state index is 12.5. The molecule has 2 nitrogen and oxygen atoms in total. The van der Waals surface area contributed by atoms with E-state index >= 15 is 0 Å². The Balaban J connectivity index is 2.79. The van der Waals surface area contributed by atoms with Crippen LogP contribution < -0.4 is 5.73 Å². The number of pyridine rings is 1. The van der Waals surface area contributed by atoms with E-state index in [1.807, 2.05) is 0 Å². The van der Waals surface area contributed by atoms with Crippen molar-refractivity contribution in [2.75, 3.05) is 0 Å². The van der Waals surface area contributed by atoms with Gasteiger partial charge in [-0.05, 0) is 11.6 Å². The molecule has 0 aromatic carbocycles. The van der Waals surface area contributed by atoms with E-state index in [0.29, 0.717) is 17.0 Å². The number of rotatable bonds is 2. The first-order valence-electron chi connectivity index (χ1n) is 3.06. The van der Waals surface area contributed by atoms with Crippen LogP contribution in [-0.2, 0) is 6.42 Å². The Hall–Kier alpha value is -1.03. The van der Waals surface area contributed by atoms with E-state index in [1.165, 1.54) is 6.07 Å². The molecule has 0 spiro atoms. The molecule has 0 aliphatic heterocycles. The maximum Gasteiger partial charge on any atom is 0.141 e. The monoisotopic (exact) mass is 170 g/mol. The summed E-state index contributed by atoms with van der Waals surface area (Å²) in [5.74, 6) is -0.362.